The normalized spacial score (nSPS) is 14.7. The molecule has 4 heteroatoms. The summed E-state index contributed by atoms with van der Waals surface area (Å²) in [5.41, 5.74) is 9.71. The first-order valence-corrected chi connectivity index (χ1v) is 7.05. The summed E-state index contributed by atoms with van der Waals surface area (Å²) in [5, 5.41) is 7.60. The third-order valence-electron chi connectivity index (χ3n) is 3.97. The van der Waals surface area contributed by atoms with Crippen molar-refractivity contribution in [3.63, 3.8) is 0 Å². The first-order chi connectivity index (χ1) is 10.1. The number of nitrogen functional groups attached to an aromatic ring is 1. The summed E-state index contributed by atoms with van der Waals surface area (Å²) in [7, 11) is 0. The van der Waals surface area contributed by atoms with Gasteiger partial charge in [-0.25, -0.2) is 4.39 Å². The Morgan fingerprint density at radius 1 is 1.19 bits per heavy atom. The van der Waals surface area contributed by atoms with Gasteiger partial charge in [0.25, 0.3) is 0 Å². The van der Waals surface area contributed by atoms with Crippen LogP contribution < -0.4 is 5.73 Å². The van der Waals surface area contributed by atoms with Gasteiger partial charge < -0.3 is 5.73 Å². The molecular weight excluding hydrogens is 265 g/mol. The maximum Gasteiger partial charge on any atom is 0.123 e. The van der Waals surface area contributed by atoms with Crippen LogP contribution in [0.25, 0.3) is 0 Å². The van der Waals surface area contributed by atoms with E-state index in [4.69, 9.17) is 11.1 Å². The number of rotatable bonds is 3. The number of nitrogens with one attached hydrogen (secondary N) is 1. The predicted octanol–water partition coefficient (Wildman–Crippen LogP) is 2.67. The molecular formula is C17H18FN3. The Balaban J connectivity index is 1.81. The third-order valence-corrected chi connectivity index (χ3v) is 3.97. The molecule has 1 aliphatic heterocycles. The quantitative estimate of drug-likeness (QED) is 0.672. The maximum atomic E-state index is 13.3. The zero-order valence-corrected chi connectivity index (χ0v) is 11.8. The largest absolute Gasteiger partial charge is 0.384 e. The molecule has 108 valence electrons. The third kappa shape index (κ3) is 2.95. The highest BCUT2D eigenvalue weighted by Crippen LogP contribution is 2.21. The summed E-state index contributed by atoms with van der Waals surface area (Å²) in [6.45, 7) is 2.53. The molecule has 21 heavy (non-hydrogen) atoms. The molecule has 1 heterocycles. The Bertz CT molecular complexity index is 681. The molecule has 0 saturated heterocycles. The number of hydrogen-bond donors (Lipinski definition) is 2. The number of halogens is 1. The van der Waals surface area contributed by atoms with Crippen LogP contribution in [0.1, 0.15) is 22.3 Å². The molecule has 2 aromatic carbocycles. The molecule has 0 amide bonds. The first kappa shape index (κ1) is 13.8. The van der Waals surface area contributed by atoms with Crippen LogP contribution in [-0.2, 0) is 19.5 Å². The lowest BCUT2D eigenvalue weighted by Gasteiger charge is -2.29. The maximum absolute atomic E-state index is 13.3. The Morgan fingerprint density at radius 2 is 1.95 bits per heavy atom. The van der Waals surface area contributed by atoms with Crippen LogP contribution in [0.4, 0.5) is 4.39 Å². The number of benzene rings is 2. The van der Waals surface area contributed by atoms with Crippen molar-refractivity contribution < 1.29 is 4.39 Å². The predicted molar refractivity (Wildman–Crippen MR) is 81.7 cm³/mol. The van der Waals surface area contributed by atoms with E-state index in [0.29, 0.717) is 12.1 Å². The van der Waals surface area contributed by atoms with Crippen molar-refractivity contribution in [1.29, 1.82) is 5.41 Å². The second-order valence-electron chi connectivity index (χ2n) is 5.44. The van der Waals surface area contributed by atoms with Crippen molar-refractivity contribution in [3.05, 3.63) is 70.5 Å². The average molecular weight is 283 g/mol. The minimum absolute atomic E-state index is 0.0816. The fourth-order valence-corrected chi connectivity index (χ4v) is 2.87. The van der Waals surface area contributed by atoms with Crippen LogP contribution in [-0.4, -0.2) is 17.3 Å². The van der Waals surface area contributed by atoms with Gasteiger partial charge in [0.2, 0.25) is 0 Å². The molecule has 0 unspecified atom stereocenters. The van der Waals surface area contributed by atoms with Crippen LogP contribution in [0, 0.1) is 11.2 Å². The molecule has 0 fully saturated rings. The summed E-state index contributed by atoms with van der Waals surface area (Å²) in [5.74, 6) is -0.435. The lowest BCUT2D eigenvalue weighted by molar-refractivity contribution is 0.245. The smallest absolute Gasteiger partial charge is 0.123 e. The van der Waals surface area contributed by atoms with Crippen LogP contribution in [0.15, 0.2) is 42.5 Å². The van der Waals surface area contributed by atoms with Gasteiger partial charge in [-0.2, -0.15) is 0 Å². The van der Waals surface area contributed by atoms with Crippen molar-refractivity contribution >= 4 is 5.84 Å². The van der Waals surface area contributed by atoms with Crippen molar-refractivity contribution in [2.75, 3.05) is 6.54 Å². The topological polar surface area (TPSA) is 53.1 Å². The molecule has 0 radical (unpaired) electrons. The van der Waals surface area contributed by atoms with Gasteiger partial charge in [-0.3, -0.25) is 10.3 Å². The summed E-state index contributed by atoms with van der Waals surface area (Å²) in [4.78, 5) is 2.31. The summed E-state index contributed by atoms with van der Waals surface area (Å²) in [6, 6.07) is 13.0. The second kappa shape index (κ2) is 5.66. The molecule has 2 aromatic rings. The van der Waals surface area contributed by atoms with Gasteiger partial charge >= 0.3 is 0 Å². The van der Waals surface area contributed by atoms with Crippen LogP contribution in [0.5, 0.6) is 0 Å². The summed E-state index contributed by atoms with van der Waals surface area (Å²) >= 11 is 0. The zero-order chi connectivity index (χ0) is 14.8. The Labute approximate surface area is 123 Å². The first-order valence-electron chi connectivity index (χ1n) is 7.05. The van der Waals surface area contributed by atoms with E-state index in [0.717, 1.165) is 25.1 Å². The highest BCUT2D eigenvalue weighted by atomic mass is 19.1. The van der Waals surface area contributed by atoms with Gasteiger partial charge in [0.05, 0.1) is 0 Å². The highest BCUT2D eigenvalue weighted by molar-refractivity contribution is 5.96. The molecule has 0 saturated carbocycles. The van der Waals surface area contributed by atoms with E-state index in [1.54, 1.807) is 6.07 Å². The molecule has 0 spiro atoms. The van der Waals surface area contributed by atoms with Crippen molar-refractivity contribution in [2.45, 2.75) is 19.5 Å². The van der Waals surface area contributed by atoms with Crippen molar-refractivity contribution in [2.24, 2.45) is 5.73 Å². The van der Waals surface area contributed by atoms with E-state index in [1.807, 2.05) is 0 Å². The summed E-state index contributed by atoms with van der Waals surface area (Å²) in [6.07, 6.45) is 1.02. The van der Waals surface area contributed by atoms with Gasteiger partial charge in [0, 0.05) is 25.2 Å². The van der Waals surface area contributed by atoms with E-state index in [9.17, 15) is 4.39 Å². The Kier molecular flexibility index (Phi) is 3.71. The van der Waals surface area contributed by atoms with E-state index >= 15 is 0 Å². The van der Waals surface area contributed by atoms with E-state index in [1.165, 1.54) is 23.3 Å². The minimum atomic E-state index is -0.354. The number of amidine groups is 1. The van der Waals surface area contributed by atoms with E-state index in [-0.39, 0.29) is 11.7 Å². The fraction of sp³-hybridized carbons (Fsp3) is 0.235. The fourth-order valence-electron chi connectivity index (χ4n) is 2.87. The van der Waals surface area contributed by atoms with E-state index < -0.39 is 0 Å². The molecule has 0 bridgehead atoms. The molecule has 0 aliphatic carbocycles. The minimum Gasteiger partial charge on any atom is -0.384 e. The number of nitrogens with zero attached hydrogens (tertiary/aromatic N) is 1. The van der Waals surface area contributed by atoms with E-state index in [2.05, 4.69) is 29.2 Å². The molecule has 0 aromatic heterocycles. The van der Waals surface area contributed by atoms with Gasteiger partial charge in [-0.15, -0.1) is 0 Å². The molecule has 3 N–H and O–H groups in total. The lowest BCUT2D eigenvalue weighted by atomic mass is 9.98. The van der Waals surface area contributed by atoms with Crippen LogP contribution in [0.3, 0.4) is 0 Å². The summed E-state index contributed by atoms with van der Waals surface area (Å²) < 4.78 is 13.3. The second-order valence-corrected chi connectivity index (χ2v) is 5.44. The standard InChI is InChI=1S/C17H18FN3/c18-15-6-5-14(16(9-15)17(19)20)11-21-8-7-12-3-1-2-4-13(12)10-21/h1-6,9H,7-8,10-11H2,(H3,19,20). The van der Waals surface area contributed by atoms with Gasteiger partial charge in [-0.05, 0) is 35.2 Å². The van der Waals surface area contributed by atoms with Crippen molar-refractivity contribution in [3.8, 4) is 0 Å². The molecule has 3 rings (SSSR count). The van der Waals surface area contributed by atoms with Crippen LogP contribution in [0.2, 0.25) is 0 Å². The van der Waals surface area contributed by atoms with Gasteiger partial charge in [0.15, 0.2) is 0 Å². The number of fused-ring (bicyclic) bond motifs is 1. The monoisotopic (exact) mass is 283 g/mol. The highest BCUT2D eigenvalue weighted by Gasteiger charge is 2.17. The Morgan fingerprint density at radius 3 is 2.71 bits per heavy atom. The van der Waals surface area contributed by atoms with Gasteiger partial charge in [0.1, 0.15) is 11.7 Å². The molecule has 1 aliphatic rings. The zero-order valence-electron chi connectivity index (χ0n) is 11.8. The van der Waals surface area contributed by atoms with Crippen LogP contribution >= 0.6 is 0 Å². The number of hydrogen-bond acceptors (Lipinski definition) is 2. The van der Waals surface area contributed by atoms with Gasteiger partial charge in [-0.1, -0.05) is 30.3 Å². The number of nitrogens with two attached hydrogens (primary N) is 1. The lowest BCUT2D eigenvalue weighted by Crippen LogP contribution is -2.31. The molecule has 3 nitrogen and oxygen atoms in total. The SMILES string of the molecule is N=C(N)c1cc(F)ccc1CN1CCc2ccccc2C1. The van der Waals surface area contributed by atoms with Crippen molar-refractivity contribution in [1.82, 2.24) is 4.90 Å². The molecule has 0 atom stereocenters. The Hall–Kier alpha value is -2.20. The average Bonchev–Trinajstić information content (AvgIpc) is 2.49.